The zero-order valence-electron chi connectivity index (χ0n) is 8.44. The number of carbonyl (C=O) groups is 1. The summed E-state index contributed by atoms with van der Waals surface area (Å²) < 4.78 is 4.78. The van der Waals surface area contributed by atoms with Crippen LogP contribution in [0.2, 0.25) is 5.15 Å². The number of carbonyl (C=O) groups excluding carboxylic acids is 1. The van der Waals surface area contributed by atoms with Gasteiger partial charge in [-0.3, -0.25) is 4.79 Å². The van der Waals surface area contributed by atoms with Crippen LogP contribution in [-0.4, -0.2) is 17.6 Å². The Hall–Kier alpha value is -1.13. The van der Waals surface area contributed by atoms with Gasteiger partial charge in [0.2, 0.25) is 0 Å². The van der Waals surface area contributed by atoms with Crippen molar-refractivity contribution in [3.8, 4) is 0 Å². The number of ether oxygens (including phenoxy) is 1. The van der Waals surface area contributed by atoms with Crippen LogP contribution in [0.5, 0.6) is 0 Å². The van der Waals surface area contributed by atoms with Crippen molar-refractivity contribution in [2.24, 2.45) is 5.73 Å². The second-order valence-electron chi connectivity index (χ2n) is 3.00. The number of esters is 1. The van der Waals surface area contributed by atoms with E-state index in [2.05, 4.69) is 4.98 Å². The van der Waals surface area contributed by atoms with E-state index in [-0.39, 0.29) is 12.4 Å². The van der Waals surface area contributed by atoms with Crippen LogP contribution in [-0.2, 0) is 9.53 Å². The largest absolute Gasteiger partial charge is 0.466 e. The fourth-order valence-electron chi connectivity index (χ4n) is 1.13. The minimum atomic E-state index is -0.470. The lowest BCUT2D eigenvalue weighted by Gasteiger charge is -2.10. The molecule has 0 fully saturated rings. The highest BCUT2D eigenvalue weighted by Crippen LogP contribution is 2.14. The number of nitrogens with zero attached hydrogens (tertiary/aromatic N) is 1. The maximum Gasteiger partial charge on any atom is 0.307 e. The van der Waals surface area contributed by atoms with Crippen molar-refractivity contribution in [2.75, 3.05) is 6.61 Å². The molecular formula is C10H13ClN2O2. The van der Waals surface area contributed by atoms with Crippen molar-refractivity contribution in [3.63, 3.8) is 0 Å². The Morgan fingerprint density at radius 3 is 3.00 bits per heavy atom. The van der Waals surface area contributed by atoms with Crippen LogP contribution in [0.4, 0.5) is 0 Å². The zero-order chi connectivity index (χ0) is 11.3. The van der Waals surface area contributed by atoms with Crippen LogP contribution in [0.1, 0.15) is 25.1 Å². The average molecular weight is 229 g/mol. The lowest BCUT2D eigenvalue weighted by molar-refractivity contribution is -0.143. The molecule has 1 atom stereocenters. The van der Waals surface area contributed by atoms with Gasteiger partial charge in [0.1, 0.15) is 5.15 Å². The molecule has 1 heterocycles. The normalized spacial score (nSPS) is 12.2. The van der Waals surface area contributed by atoms with E-state index in [1.807, 2.05) is 0 Å². The van der Waals surface area contributed by atoms with E-state index in [0.717, 1.165) is 0 Å². The molecule has 0 bridgehead atoms. The molecule has 4 nitrogen and oxygen atoms in total. The van der Waals surface area contributed by atoms with Gasteiger partial charge in [-0.15, -0.1) is 0 Å². The second kappa shape index (κ2) is 5.68. The van der Waals surface area contributed by atoms with Gasteiger partial charge in [0.05, 0.1) is 24.8 Å². The van der Waals surface area contributed by atoms with E-state index in [1.165, 1.54) is 0 Å². The molecule has 0 aromatic carbocycles. The molecule has 0 saturated carbocycles. The first-order valence-corrected chi connectivity index (χ1v) is 5.05. The number of halogens is 1. The summed E-state index contributed by atoms with van der Waals surface area (Å²) in [5.74, 6) is -0.327. The maximum absolute atomic E-state index is 11.1. The van der Waals surface area contributed by atoms with Crippen molar-refractivity contribution in [2.45, 2.75) is 19.4 Å². The molecule has 0 aliphatic heterocycles. The molecule has 0 aliphatic carbocycles. The van der Waals surface area contributed by atoms with E-state index in [4.69, 9.17) is 22.1 Å². The molecule has 15 heavy (non-hydrogen) atoms. The fraction of sp³-hybridized carbons (Fsp3) is 0.400. The molecule has 2 N–H and O–H groups in total. The van der Waals surface area contributed by atoms with Gasteiger partial charge in [0.25, 0.3) is 0 Å². The third-order valence-corrected chi connectivity index (χ3v) is 2.02. The van der Waals surface area contributed by atoms with E-state index in [1.54, 1.807) is 25.1 Å². The molecule has 0 unspecified atom stereocenters. The molecule has 1 aromatic rings. The first-order valence-electron chi connectivity index (χ1n) is 4.67. The summed E-state index contributed by atoms with van der Waals surface area (Å²) in [6.07, 6.45) is 0.112. The highest BCUT2D eigenvalue weighted by Gasteiger charge is 2.13. The topological polar surface area (TPSA) is 65.2 Å². The van der Waals surface area contributed by atoms with Crippen molar-refractivity contribution >= 4 is 17.6 Å². The summed E-state index contributed by atoms with van der Waals surface area (Å²) in [5, 5.41) is 0.367. The Labute approximate surface area is 93.4 Å². The van der Waals surface area contributed by atoms with Crippen LogP contribution < -0.4 is 5.73 Å². The van der Waals surface area contributed by atoms with Crippen LogP contribution in [0.25, 0.3) is 0 Å². The van der Waals surface area contributed by atoms with Crippen molar-refractivity contribution < 1.29 is 9.53 Å². The standard InChI is InChI=1S/C10H13ClN2O2/c1-2-15-10(14)6-7(12)8-4-3-5-9(11)13-8/h3-5,7H,2,6,12H2,1H3/t7-/m0/s1. The predicted molar refractivity (Wildman–Crippen MR) is 57.4 cm³/mol. The third kappa shape index (κ3) is 3.85. The number of hydrogen-bond donors (Lipinski definition) is 1. The summed E-state index contributed by atoms with van der Waals surface area (Å²) in [5.41, 5.74) is 6.37. The van der Waals surface area contributed by atoms with Crippen molar-refractivity contribution in [3.05, 3.63) is 29.0 Å². The van der Waals surface area contributed by atoms with Crippen molar-refractivity contribution in [1.29, 1.82) is 0 Å². The molecule has 82 valence electrons. The molecule has 0 spiro atoms. The zero-order valence-corrected chi connectivity index (χ0v) is 9.20. The number of pyridine rings is 1. The van der Waals surface area contributed by atoms with Gasteiger partial charge in [-0.05, 0) is 19.1 Å². The van der Waals surface area contributed by atoms with Gasteiger partial charge in [-0.1, -0.05) is 17.7 Å². The molecule has 0 amide bonds. The minimum absolute atomic E-state index is 0.112. The summed E-state index contributed by atoms with van der Waals surface area (Å²) in [4.78, 5) is 15.2. The van der Waals surface area contributed by atoms with Crippen LogP contribution in [0, 0.1) is 0 Å². The Bertz CT molecular complexity index is 344. The second-order valence-corrected chi connectivity index (χ2v) is 3.39. The number of aromatic nitrogens is 1. The highest BCUT2D eigenvalue weighted by molar-refractivity contribution is 6.29. The van der Waals surface area contributed by atoms with Gasteiger partial charge in [-0.2, -0.15) is 0 Å². The van der Waals surface area contributed by atoms with E-state index in [0.29, 0.717) is 17.5 Å². The summed E-state index contributed by atoms with van der Waals surface area (Å²) in [6, 6.07) is 4.66. The lowest BCUT2D eigenvalue weighted by atomic mass is 10.1. The van der Waals surface area contributed by atoms with Crippen LogP contribution in [0.3, 0.4) is 0 Å². The lowest BCUT2D eigenvalue weighted by Crippen LogP contribution is -2.18. The SMILES string of the molecule is CCOC(=O)C[C@H](N)c1cccc(Cl)n1. The molecule has 1 rings (SSSR count). The quantitative estimate of drug-likeness (QED) is 0.629. The molecule has 0 radical (unpaired) electrons. The van der Waals surface area contributed by atoms with Crippen molar-refractivity contribution in [1.82, 2.24) is 4.98 Å². The van der Waals surface area contributed by atoms with E-state index >= 15 is 0 Å². The summed E-state index contributed by atoms with van der Waals surface area (Å²) in [7, 11) is 0. The first kappa shape index (κ1) is 11.9. The van der Waals surface area contributed by atoms with Crippen LogP contribution in [0.15, 0.2) is 18.2 Å². The molecule has 0 saturated heterocycles. The number of nitrogens with two attached hydrogens (primary N) is 1. The van der Waals surface area contributed by atoms with Gasteiger partial charge in [0.15, 0.2) is 0 Å². The Morgan fingerprint density at radius 1 is 1.67 bits per heavy atom. The maximum atomic E-state index is 11.1. The average Bonchev–Trinajstić information content (AvgIpc) is 2.18. The molecular weight excluding hydrogens is 216 g/mol. The fourth-order valence-corrected chi connectivity index (χ4v) is 1.30. The number of rotatable bonds is 4. The molecule has 1 aromatic heterocycles. The smallest absolute Gasteiger partial charge is 0.307 e. The van der Waals surface area contributed by atoms with Gasteiger partial charge in [-0.25, -0.2) is 4.98 Å². The minimum Gasteiger partial charge on any atom is -0.466 e. The summed E-state index contributed by atoms with van der Waals surface area (Å²) in [6.45, 7) is 2.11. The van der Waals surface area contributed by atoms with E-state index < -0.39 is 6.04 Å². The monoisotopic (exact) mass is 228 g/mol. The Kier molecular flexibility index (Phi) is 4.52. The van der Waals surface area contributed by atoms with E-state index in [9.17, 15) is 4.79 Å². The van der Waals surface area contributed by atoms with Crippen LogP contribution >= 0.6 is 11.6 Å². The van der Waals surface area contributed by atoms with Gasteiger partial charge < -0.3 is 10.5 Å². The number of hydrogen-bond acceptors (Lipinski definition) is 4. The summed E-state index contributed by atoms with van der Waals surface area (Å²) >= 11 is 5.70. The van der Waals surface area contributed by atoms with Gasteiger partial charge in [0, 0.05) is 0 Å². The molecule has 0 aliphatic rings. The first-order chi connectivity index (χ1) is 7.13. The highest BCUT2D eigenvalue weighted by atomic mass is 35.5. The predicted octanol–water partition coefficient (Wildman–Crippen LogP) is 1.69. The third-order valence-electron chi connectivity index (χ3n) is 1.81. The Balaban J connectivity index is 2.60. The molecule has 5 heteroatoms. The Morgan fingerprint density at radius 2 is 2.40 bits per heavy atom. The van der Waals surface area contributed by atoms with Gasteiger partial charge >= 0.3 is 5.97 Å².